The van der Waals surface area contributed by atoms with Gasteiger partial charge in [0.25, 0.3) is 0 Å². The van der Waals surface area contributed by atoms with Crippen LogP contribution in [0.5, 0.6) is 0 Å². The number of rotatable bonds is 5. The molecule has 6 rings (SSSR count). The third-order valence-corrected chi connectivity index (χ3v) is 16.1. The van der Waals surface area contributed by atoms with Gasteiger partial charge < -0.3 is 21.3 Å². The Morgan fingerprint density at radius 1 is 1.07 bits per heavy atom. The van der Waals surface area contributed by atoms with Gasteiger partial charge in [-0.15, -0.1) is 0 Å². The monoisotopic (exact) mass is 589 g/mol. The number of aliphatic hydroxyl groups excluding tert-OH is 2. The van der Waals surface area contributed by atoms with Crippen LogP contribution in [0.25, 0.3) is 0 Å². The van der Waals surface area contributed by atoms with Crippen molar-refractivity contribution in [1.82, 2.24) is 5.32 Å². The second-order valence-corrected chi connectivity index (χ2v) is 16.9. The van der Waals surface area contributed by atoms with Gasteiger partial charge in [-0.1, -0.05) is 59.8 Å². The topological polar surface area (TPSA) is 108 Å². The second kappa shape index (κ2) is 11.4. The number of Topliss-reactive ketones (excluding diaryl/α,β-unsaturated/α-hetero) is 1. The van der Waals surface area contributed by atoms with Gasteiger partial charge in [0.05, 0.1) is 5.54 Å². The van der Waals surface area contributed by atoms with Gasteiger partial charge in [-0.3, -0.25) is 9.79 Å². The first kappa shape index (κ1) is 29.4. The zero-order valence-corrected chi connectivity index (χ0v) is 26.2. The summed E-state index contributed by atoms with van der Waals surface area (Å²) in [6.45, 7) is 3.76. The average molecular weight is 590 g/mol. The molecule has 0 saturated heterocycles. The fourth-order valence-corrected chi connectivity index (χ4v) is 14.6. The van der Waals surface area contributed by atoms with E-state index in [2.05, 4.69) is 38.8 Å². The van der Waals surface area contributed by atoms with Crippen LogP contribution < -0.4 is 11.1 Å². The number of nitrogens with zero attached hydrogens (tertiary/aromatic N) is 1. The minimum absolute atomic E-state index is 0.0663. The maximum absolute atomic E-state index is 14.0. The molecule has 3 saturated carbocycles. The van der Waals surface area contributed by atoms with Crippen LogP contribution in [-0.2, 0) is 4.79 Å². The fraction of sp³-hybridized carbons (Fsp3) is 0.875. The molecule has 6 atom stereocenters. The van der Waals surface area contributed by atoms with Crippen molar-refractivity contribution in [3.8, 4) is 0 Å². The van der Waals surface area contributed by atoms with Crippen LogP contribution >= 0.6 is 21.6 Å². The third kappa shape index (κ3) is 4.43. The van der Waals surface area contributed by atoms with Crippen LogP contribution in [0.1, 0.15) is 110 Å². The van der Waals surface area contributed by atoms with Gasteiger partial charge >= 0.3 is 0 Å². The lowest BCUT2D eigenvalue weighted by Gasteiger charge is -2.57. The van der Waals surface area contributed by atoms with E-state index in [1.54, 1.807) is 0 Å². The average Bonchev–Trinajstić information content (AvgIpc) is 3.28. The molecular weight excluding hydrogens is 539 g/mol. The molecule has 0 unspecified atom stereocenters. The van der Waals surface area contributed by atoms with Gasteiger partial charge in [0.15, 0.2) is 11.7 Å². The molecule has 3 fully saturated rings. The van der Waals surface area contributed by atoms with Crippen molar-refractivity contribution in [2.75, 3.05) is 25.5 Å². The number of guanidine groups is 1. The second-order valence-electron chi connectivity index (χ2n) is 14.1. The Hall–Kier alpha value is -0.700. The molecule has 2 aliphatic heterocycles. The van der Waals surface area contributed by atoms with E-state index in [0.717, 1.165) is 82.1 Å². The Balaban J connectivity index is 1.39. The number of ketones is 1. The normalized spacial score (nSPS) is 41.3. The molecule has 4 aliphatic carbocycles. The summed E-state index contributed by atoms with van der Waals surface area (Å²) in [6.07, 6.45) is 17.0. The number of aliphatic imine (C=N–C) groups is 1. The summed E-state index contributed by atoms with van der Waals surface area (Å²) in [6, 6.07) is 0. The number of carbonyl (C=O) groups is 1. The van der Waals surface area contributed by atoms with Crippen molar-refractivity contribution in [3.05, 3.63) is 11.1 Å². The predicted molar refractivity (Wildman–Crippen MR) is 166 cm³/mol. The van der Waals surface area contributed by atoms with Crippen LogP contribution in [0, 0.1) is 28.6 Å². The standard InChI is InChI=1S/C32H51N3O3S2/c1-29-14-17-39-40-31(11-4-2-5-12-31)30(13-15-34-28(33)35-30)10-7-8-24-26-19-23(29)18-22(21-37)25(9-3-6-16-36)32(26,29)20-27(24)38/h22-23,25,36-37H,2-21H2,1H3,(H3,33,34,35)/t22-,23-,25-,29+,30+,32+/m1/s1. The summed E-state index contributed by atoms with van der Waals surface area (Å²) < 4.78 is 0.147. The van der Waals surface area contributed by atoms with Gasteiger partial charge in [-0.2, -0.15) is 0 Å². The van der Waals surface area contributed by atoms with Crippen molar-refractivity contribution >= 4 is 33.3 Å². The molecule has 2 heterocycles. The Morgan fingerprint density at radius 3 is 2.65 bits per heavy atom. The van der Waals surface area contributed by atoms with Gasteiger partial charge in [0.2, 0.25) is 0 Å². The molecule has 0 aromatic heterocycles. The first-order valence-electron chi connectivity index (χ1n) is 16.2. The molecule has 5 N–H and O–H groups in total. The lowest BCUT2D eigenvalue weighted by atomic mass is 9.47. The molecular formula is C32H51N3O3S2. The van der Waals surface area contributed by atoms with Gasteiger partial charge in [-0.05, 0) is 99.4 Å². The lowest BCUT2D eigenvalue weighted by molar-refractivity contribution is -0.125. The smallest absolute Gasteiger partial charge is 0.189 e. The van der Waals surface area contributed by atoms with Crippen LogP contribution in [0.15, 0.2) is 16.1 Å². The number of hydrogen-bond acceptors (Lipinski definition) is 8. The van der Waals surface area contributed by atoms with Crippen LogP contribution in [0.2, 0.25) is 0 Å². The number of aliphatic hydroxyl groups is 2. The highest BCUT2D eigenvalue weighted by Crippen LogP contribution is 2.75. The maximum Gasteiger partial charge on any atom is 0.189 e. The first-order valence-corrected chi connectivity index (χ1v) is 18.5. The Labute approximate surface area is 249 Å². The molecule has 224 valence electrons. The summed E-state index contributed by atoms with van der Waals surface area (Å²) in [7, 11) is 4.25. The number of nitrogens with one attached hydrogen (secondary N) is 1. The molecule has 0 radical (unpaired) electrons. The molecule has 40 heavy (non-hydrogen) atoms. The Morgan fingerprint density at radius 2 is 1.90 bits per heavy atom. The van der Waals surface area contributed by atoms with Gasteiger partial charge in [-0.25, -0.2) is 0 Å². The van der Waals surface area contributed by atoms with E-state index in [4.69, 9.17) is 5.73 Å². The zero-order valence-electron chi connectivity index (χ0n) is 24.5. The summed E-state index contributed by atoms with van der Waals surface area (Å²) in [5, 5.41) is 23.9. The highest BCUT2D eigenvalue weighted by atomic mass is 33.1. The van der Waals surface area contributed by atoms with Crippen molar-refractivity contribution in [3.63, 3.8) is 0 Å². The Kier molecular flexibility index (Phi) is 8.39. The van der Waals surface area contributed by atoms with Crippen molar-refractivity contribution < 1.29 is 15.0 Å². The molecule has 0 aromatic rings. The number of allylic oxidation sites excluding steroid dienone is 2. The summed E-state index contributed by atoms with van der Waals surface area (Å²) in [5.74, 6) is 3.25. The molecule has 0 aromatic carbocycles. The van der Waals surface area contributed by atoms with E-state index in [1.165, 1.54) is 37.7 Å². The van der Waals surface area contributed by atoms with Crippen molar-refractivity contribution in [2.24, 2.45) is 39.3 Å². The number of carbonyl (C=O) groups excluding carboxylic acids is 1. The highest BCUT2D eigenvalue weighted by Gasteiger charge is 2.69. The molecule has 0 amide bonds. The van der Waals surface area contributed by atoms with E-state index >= 15 is 0 Å². The summed E-state index contributed by atoms with van der Waals surface area (Å²) in [4.78, 5) is 18.6. The van der Waals surface area contributed by atoms with Crippen LogP contribution in [0.3, 0.4) is 0 Å². The number of hydrogen-bond donors (Lipinski definition) is 4. The van der Waals surface area contributed by atoms with Crippen LogP contribution in [-0.4, -0.2) is 57.8 Å². The first-order chi connectivity index (χ1) is 19.3. The van der Waals surface area contributed by atoms with Crippen LogP contribution in [0.4, 0.5) is 0 Å². The fourth-order valence-electron chi connectivity index (χ4n) is 10.7. The molecule has 6 nitrogen and oxygen atoms in total. The molecule has 5 bridgehead atoms. The van der Waals surface area contributed by atoms with E-state index < -0.39 is 0 Å². The largest absolute Gasteiger partial charge is 0.396 e. The van der Waals surface area contributed by atoms with E-state index in [0.29, 0.717) is 30.0 Å². The van der Waals surface area contributed by atoms with Gasteiger partial charge in [0.1, 0.15) is 0 Å². The maximum atomic E-state index is 14.0. The minimum Gasteiger partial charge on any atom is -0.396 e. The molecule has 3 spiro atoms. The summed E-state index contributed by atoms with van der Waals surface area (Å²) >= 11 is 0. The number of unbranched alkanes of at least 4 members (excludes halogenated alkanes) is 1. The van der Waals surface area contributed by atoms with E-state index in [1.807, 2.05) is 0 Å². The SMILES string of the molecule is C[C@]12CCSSC3(CCCCC3)[C@]3(CCCC4=C5C[C@H]1C[C@H](CO)[C@@H](CCCCO)[C@@]52CC4=O)CCN=C(N)N3. The minimum atomic E-state index is -0.106. The third-order valence-electron chi connectivity index (χ3n) is 12.7. The highest BCUT2D eigenvalue weighted by molar-refractivity contribution is 8.77. The summed E-state index contributed by atoms with van der Waals surface area (Å²) in [5.41, 5.74) is 8.96. The van der Waals surface area contributed by atoms with Crippen molar-refractivity contribution in [1.29, 1.82) is 0 Å². The lowest BCUT2D eigenvalue weighted by Crippen LogP contribution is -2.66. The Bertz CT molecular complexity index is 1040. The van der Waals surface area contributed by atoms with E-state index in [9.17, 15) is 15.0 Å². The quantitative estimate of drug-likeness (QED) is 0.238. The molecule has 6 aliphatic rings. The molecule has 8 heteroatoms. The number of nitrogens with two attached hydrogens (primary N) is 1. The van der Waals surface area contributed by atoms with Gasteiger partial charge in [0, 0.05) is 42.1 Å². The van der Waals surface area contributed by atoms with E-state index in [-0.39, 0.29) is 40.2 Å². The number of fused-ring (bicyclic) bond motifs is 1. The van der Waals surface area contributed by atoms with Crippen molar-refractivity contribution in [2.45, 2.75) is 120 Å². The zero-order chi connectivity index (χ0) is 28.0. The predicted octanol–water partition coefficient (Wildman–Crippen LogP) is 5.76.